The van der Waals surface area contributed by atoms with E-state index in [1.807, 2.05) is 0 Å². The van der Waals surface area contributed by atoms with Gasteiger partial charge in [-0.1, -0.05) is 37.5 Å². The molecule has 2 amide bonds. The summed E-state index contributed by atoms with van der Waals surface area (Å²) in [4.78, 5) is 30.2. The number of hydrogen-bond donors (Lipinski definition) is 2. The monoisotopic (exact) mass is 411 g/mol. The topological polar surface area (TPSA) is 82.5 Å². The Kier molecular flexibility index (Phi) is 7.41. The molecule has 1 aromatic heterocycles. The molecule has 1 aromatic rings. The molecule has 6 nitrogen and oxygen atoms in total. The SMILES string of the molecule is C[C@H]1CC[C@H](N(C(=O)Nc2ncc(SCC(=O)O)s2)C2CCCCC2)CC1. The minimum Gasteiger partial charge on any atom is -0.481 e. The highest BCUT2D eigenvalue weighted by Crippen LogP contribution is 2.33. The molecule has 0 aliphatic heterocycles. The molecule has 0 bridgehead atoms. The number of thiazole rings is 1. The number of anilines is 1. The Morgan fingerprint density at radius 2 is 1.85 bits per heavy atom. The van der Waals surface area contributed by atoms with Gasteiger partial charge in [0, 0.05) is 12.1 Å². The number of nitrogens with one attached hydrogen (secondary N) is 1. The molecule has 150 valence electrons. The molecule has 2 aliphatic carbocycles. The van der Waals surface area contributed by atoms with Crippen molar-refractivity contribution in [2.75, 3.05) is 11.1 Å². The Morgan fingerprint density at radius 3 is 2.52 bits per heavy atom. The maximum Gasteiger partial charge on any atom is 0.324 e. The van der Waals surface area contributed by atoms with Crippen molar-refractivity contribution < 1.29 is 14.7 Å². The molecule has 3 rings (SSSR count). The van der Waals surface area contributed by atoms with Crippen LogP contribution in [0.4, 0.5) is 9.93 Å². The third kappa shape index (κ3) is 5.85. The third-order valence-corrected chi connectivity index (χ3v) is 7.71. The molecule has 1 heterocycles. The number of aliphatic carboxylic acids is 1. The van der Waals surface area contributed by atoms with E-state index in [9.17, 15) is 9.59 Å². The van der Waals surface area contributed by atoms with Crippen LogP contribution in [0, 0.1) is 5.92 Å². The van der Waals surface area contributed by atoms with Crippen LogP contribution in [0.1, 0.15) is 64.7 Å². The van der Waals surface area contributed by atoms with E-state index in [0.717, 1.165) is 35.8 Å². The number of carbonyl (C=O) groups is 2. The van der Waals surface area contributed by atoms with Gasteiger partial charge in [0.25, 0.3) is 0 Å². The molecular formula is C19H29N3O3S2. The van der Waals surface area contributed by atoms with Gasteiger partial charge in [0.1, 0.15) is 0 Å². The van der Waals surface area contributed by atoms with E-state index < -0.39 is 5.97 Å². The summed E-state index contributed by atoms with van der Waals surface area (Å²) in [5.41, 5.74) is 0. The fourth-order valence-electron chi connectivity index (χ4n) is 4.18. The van der Waals surface area contributed by atoms with Crippen molar-refractivity contribution in [2.24, 2.45) is 5.92 Å². The highest BCUT2D eigenvalue weighted by molar-refractivity contribution is 8.01. The molecule has 0 saturated heterocycles. The van der Waals surface area contributed by atoms with Gasteiger partial charge in [-0.05, 0) is 44.4 Å². The Hall–Kier alpha value is -1.28. The van der Waals surface area contributed by atoms with Crippen molar-refractivity contribution in [2.45, 2.75) is 81.0 Å². The van der Waals surface area contributed by atoms with Crippen LogP contribution in [-0.2, 0) is 4.79 Å². The lowest BCUT2D eigenvalue weighted by Crippen LogP contribution is -2.51. The number of rotatable bonds is 6. The molecule has 0 radical (unpaired) electrons. The van der Waals surface area contributed by atoms with Gasteiger partial charge >= 0.3 is 12.0 Å². The predicted molar refractivity (Wildman–Crippen MR) is 110 cm³/mol. The smallest absolute Gasteiger partial charge is 0.324 e. The van der Waals surface area contributed by atoms with Crippen molar-refractivity contribution in [3.05, 3.63) is 6.20 Å². The highest BCUT2D eigenvalue weighted by Gasteiger charge is 2.33. The standard InChI is InChI=1S/C19H29N3O3S2/c1-13-7-9-15(10-8-13)22(14-5-3-2-4-6-14)19(25)21-18-20-11-17(27-18)26-12-16(23)24/h11,13-15H,2-10,12H2,1H3,(H,23,24)(H,20,21,25)/t13-,15-. The van der Waals surface area contributed by atoms with Crippen LogP contribution in [0.25, 0.3) is 0 Å². The Labute approximate surface area is 169 Å². The van der Waals surface area contributed by atoms with Gasteiger partial charge in [0.2, 0.25) is 0 Å². The molecule has 0 aromatic carbocycles. The quantitative estimate of drug-likeness (QED) is 0.639. The summed E-state index contributed by atoms with van der Waals surface area (Å²) >= 11 is 2.58. The minimum absolute atomic E-state index is 0.00401. The average molecular weight is 412 g/mol. The number of carboxylic acids is 1. The summed E-state index contributed by atoms with van der Waals surface area (Å²) in [5.74, 6) is -0.0939. The number of carbonyl (C=O) groups excluding carboxylic acids is 1. The maximum atomic E-state index is 13.1. The van der Waals surface area contributed by atoms with Gasteiger partial charge in [0.05, 0.1) is 16.2 Å². The van der Waals surface area contributed by atoms with Gasteiger partial charge in [-0.25, -0.2) is 9.78 Å². The normalized spacial score (nSPS) is 23.7. The highest BCUT2D eigenvalue weighted by atomic mass is 32.2. The fourth-order valence-corrected chi connectivity index (χ4v) is 5.76. The molecule has 27 heavy (non-hydrogen) atoms. The Bertz CT molecular complexity index is 638. The summed E-state index contributed by atoms with van der Waals surface area (Å²) in [5, 5.41) is 12.3. The van der Waals surface area contributed by atoms with Crippen LogP contribution >= 0.6 is 23.1 Å². The minimum atomic E-state index is -0.853. The van der Waals surface area contributed by atoms with Crippen molar-refractivity contribution in [3.8, 4) is 0 Å². The molecule has 0 atom stereocenters. The molecule has 2 fully saturated rings. The lowest BCUT2D eigenvalue weighted by molar-refractivity contribution is -0.133. The second-order valence-electron chi connectivity index (χ2n) is 7.71. The van der Waals surface area contributed by atoms with Crippen LogP contribution in [0.5, 0.6) is 0 Å². The largest absolute Gasteiger partial charge is 0.481 e. The first-order valence-corrected chi connectivity index (χ1v) is 11.7. The summed E-state index contributed by atoms with van der Waals surface area (Å²) in [7, 11) is 0. The van der Waals surface area contributed by atoms with E-state index in [-0.39, 0.29) is 11.8 Å². The lowest BCUT2D eigenvalue weighted by Gasteiger charge is -2.42. The van der Waals surface area contributed by atoms with Crippen molar-refractivity contribution in [1.29, 1.82) is 0 Å². The molecule has 0 spiro atoms. The van der Waals surface area contributed by atoms with Crippen LogP contribution in [0.2, 0.25) is 0 Å². The van der Waals surface area contributed by atoms with E-state index in [4.69, 9.17) is 5.11 Å². The van der Waals surface area contributed by atoms with Gasteiger partial charge in [-0.15, -0.1) is 11.8 Å². The molecule has 2 aliphatic rings. The average Bonchev–Trinajstić information content (AvgIpc) is 3.10. The maximum absolute atomic E-state index is 13.1. The number of thioether (sulfide) groups is 1. The van der Waals surface area contributed by atoms with E-state index >= 15 is 0 Å². The number of carboxylic acid groups (broad SMARTS) is 1. The van der Waals surface area contributed by atoms with Crippen LogP contribution in [0.3, 0.4) is 0 Å². The third-order valence-electron chi connectivity index (χ3n) is 5.62. The Balaban J connectivity index is 1.66. The molecule has 0 unspecified atom stereocenters. The first-order chi connectivity index (χ1) is 13.0. The van der Waals surface area contributed by atoms with E-state index in [1.165, 1.54) is 55.2 Å². The summed E-state index contributed by atoms with van der Waals surface area (Å²) in [6, 6.07) is 0.619. The van der Waals surface area contributed by atoms with Crippen LogP contribution in [0.15, 0.2) is 10.4 Å². The molecule has 2 saturated carbocycles. The fraction of sp³-hybridized carbons (Fsp3) is 0.737. The van der Waals surface area contributed by atoms with E-state index in [0.29, 0.717) is 17.2 Å². The number of hydrogen-bond acceptors (Lipinski definition) is 5. The number of aromatic nitrogens is 1. The van der Waals surface area contributed by atoms with Gasteiger partial charge in [-0.2, -0.15) is 0 Å². The van der Waals surface area contributed by atoms with Crippen LogP contribution in [-0.4, -0.2) is 44.8 Å². The molecular weight excluding hydrogens is 382 g/mol. The lowest BCUT2D eigenvalue weighted by atomic mass is 9.84. The summed E-state index contributed by atoms with van der Waals surface area (Å²) in [6.45, 7) is 2.30. The summed E-state index contributed by atoms with van der Waals surface area (Å²) in [6.07, 6.45) is 12.0. The van der Waals surface area contributed by atoms with E-state index in [1.54, 1.807) is 6.20 Å². The molecule has 8 heteroatoms. The number of amides is 2. The second-order valence-corrected chi connectivity index (χ2v) is 10.0. The van der Waals surface area contributed by atoms with Crippen molar-refractivity contribution in [1.82, 2.24) is 9.88 Å². The Morgan fingerprint density at radius 1 is 1.19 bits per heavy atom. The van der Waals surface area contributed by atoms with Gasteiger partial charge in [0.15, 0.2) is 5.13 Å². The van der Waals surface area contributed by atoms with Crippen molar-refractivity contribution >= 4 is 40.2 Å². The zero-order chi connectivity index (χ0) is 19.2. The second kappa shape index (κ2) is 9.78. The van der Waals surface area contributed by atoms with Gasteiger partial charge in [-0.3, -0.25) is 10.1 Å². The van der Waals surface area contributed by atoms with Crippen LogP contribution < -0.4 is 5.32 Å². The summed E-state index contributed by atoms with van der Waals surface area (Å²) < 4.78 is 0.809. The first-order valence-electron chi connectivity index (χ1n) is 9.92. The number of urea groups is 1. The predicted octanol–water partition coefficient (Wildman–Crippen LogP) is 5.07. The van der Waals surface area contributed by atoms with E-state index in [2.05, 4.69) is 22.1 Å². The zero-order valence-corrected chi connectivity index (χ0v) is 17.5. The number of nitrogens with zero attached hydrogens (tertiary/aromatic N) is 2. The van der Waals surface area contributed by atoms with Crippen molar-refractivity contribution in [3.63, 3.8) is 0 Å². The first kappa shape index (κ1) is 20.5. The zero-order valence-electron chi connectivity index (χ0n) is 15.9. The van der Waals surface area contributed by atoms with Gasteiger partial charge < -0.3 is 10.0 Å². The molecule has 2 N–H and O–H groups in total.